The second kappa shape index (κ2) is 8.72. The molecular formula is C26H18O2S. The van der Waals surface area contributed by atoms with E-state index in [2.05, 4.69) is 0 Å². The molecule has 2 nitrogen and oxygen atoms in total. The van der Waals surface area contributed by atoms with Crippen molar-refractivity contribution in [2.24, 2.45) is 0 Å². The summed E-state index contributed by atoms with van der Waals surface area (Å²) in [7, 11) is 0. The van der Waals surface area contributed by atoms with E-state index in [-0.39, 0.29) is 11.6 Å². The molecule has 0 unspecified atom stereocenters. The van der Waals surface area contributed by atoms with Gasteiger partial charge in [-0.25, -0.2) is 0 Å². The van der Waals surface area contributed by atoms with Crippen LogP contribution in [-0.2, 0) is 0 Å². The molecule has 4 aromatic rings. The molecule has 0 radical (unpaired) electrons. The molecule has 0 aliphatic heterocycles. The summed E-state index contributed by atoms with van der Waals surface area (Å²) >= 11 is 1.49. The van der Waals surface area contributed by atoms with E-state index in [0.29, 0.717) is 22.3 Å². The molecule has 0 atom stereocenters. The number of rotatable bonds is 6. The average molecular weight is 394 g/mol. The summed E-state index contributed by atoms with van der Waals surface area (Å²) in [5.74, 6) is -0.0214. The van der Waals surface area contributed by atoms with E-state index in [9.17, 15) is 9.59 Å². The van der Waals surface area contributed by atoms with Gasteiger partial charge in [0.1, 0.15) is 0 Å². The Balaban J connectivity index is 1.63. The summed E-state index contributed by atoms with van der Waals surface area (Å²) in [4.78, 5) is 27.5. The molecule has 0 spiro atoms. The Morgan fingerprint density at radius 2 is 1.07 bits per heavy atom. The molecular weight excluding hydrogens is 376 g/mol. The number of carbonyl (C=O) groups is 2. The average Bonchev–Trinajstić information content (AvgIpc) is 2.80. The van der Waals surface area contributed by atoms with Crippen LogP contribution in [0.25, 0.3) is 0 Å². The van der Waals surface area contributed by atoms with Crippen LogP contribution in [0.3, 0.4) is 0 Å². The van der Waals surface area contributed by atoms with E-state index in [1.54, 1.807) is 0 Å². The van der Waals surface area contributed by atoms with Gasteiger partial charge in [0.05, 0.1) is 0 Å². The van der Waals surface area contributed by atoms with Crippen molar-refractivity contribution >= 4 is 23.3 Å². The van der Waals surface area contributed by atoms with Crippen molar-refractivity contribution in [3.05, 3.63) is 131 Å². The van der Waals surface area contributed by atoms with Gasteiger partial charge in [-0.2, -0.15) is 0 Å². The quantitative estimate of drug-likeness (QED) is 0.360. The van der Waals surface area contributed by atoms with Crippen LogP contribution in [0.1, 0.15) is 31.8 Å². The minimum atomic E-state index is -0.0123. The fourth-order valence-corrected chi connectivity index (χ4v) is 4.08. The highest BCUT2D eigenvalue weighted by Gasteiger charge is 2.15. The van der Waals surface area contributed by atoms with Gasteiger partial charge in [-0.3, -0.25) is 9.59 Å². The third-order valence-electron chi connectivity index (χ3n) is 4.53. The van der Waals surface area contributed by atoms with E-state index in [1.165, 1.54) is 11.8 Å². The molecule has 0 saturated carbocycles. The standard InChI is InChI=1S/C26H18O2S/c27-25(19-10-3-1-4-11-19)21-14-9-15-22(18-21)29-24-17-8-7-16-23(24)26(28)20-12-5-2-6-13-20/h1-18H. The second-order valence-electron chi connectivity index (χ2n) is 6.52. The van der Waals surface area contributed by atoms with E-state index >= 15 is 0 Å². The fourth-order valence-electron chi connectivity index (χ4n) is 3.07. The maximum atomic E-state index is 13.0. The Labute approximate surface area is 174 Å². The van der Waals surface area contributed by atoms with Crippen LogP contribution in [-0.4, -0.2) is 11.6 Å². The van der Waals surface area contributed by atoms with E-state index in [0.717, 1.165) is 9.79 Å². The molecule has 0 aliphatic carbocycles. The van der Waals surface area contributed by atoms with Crippen LogP contribution in [0.15, 0.2) is 119 Å². The SMILES string of the molecule is O=C(c1ccccc1)c1cccc(Sc2ccccc2C(=O)c2ccccc2)c1. The van der Waals surface area contributed by atoms with Crippen molar-refractivity contribution in [1.82, 2.24) is 0 Å². The molecule has 3 heteroatoms. The predicted octanol–water partition coefficient (Wildman–Crippen LogP) is 6.30. The van der Waals surface area contributed by atoms with Gasteiger partial charge in [0.2, 0.25) is 0 Å². The first-order valence-electron chi connectivity index (χ1n) is 9.29. The molecule has 0 bridgehead atoms. The highest BCUT2D eigenvalue weighted by atomic mass is 32.2. The molecule has 140 valence electrons. The Hall–Kier alpha value is -3.43. The molecule has 4 aromatic carbocycles. The third kappa shape index (κ3) is 4.36. The molecule has 0 amide bonds. The van der Waals surface area contributed by atoms with Crippen LogP contribution in [0.2, 0.25) is 0 Å². The van der Waals surface area contributed by atoms with Crippen molar-refractivity contribution in [2.75, 3.05) is 0 Å². The number of benzene rings is 4. The lowest BCUT2D eigenvalue weighted by atomic mass is 10.0. The van der Waals surface area contributed by atoms with Gasteiger partial charge in [0.25, 0.3) is 0 Å². The van der Waals surface area contributed by atoms with Crippen LogP contribution in [0.5, 0.6) is 0 Å². The van der Waals surface area contributed by atoms with Crippen molar-refractivity contribution in [2.45, 2.75) is 9.79 Å². The number of hydrogen-bond donors (Lipinski definition) is 0. The lowest BCUT2D eigenvalue weighted by Gasteiger charge is -2.09. The van der Waals surface area contributed by atoms with E-state index in [4.69, 9.17) is 0 Å². The zero-order valence-electron chi connectivity index (χ0n) is 15.6. The predicted molar refractivity (Wildman–Crippen MR) is 117 cm³/mol. The zero-order chi connectivity index (χ0) is 20.1. The largest absolute Gasteiger partial charge is 0.289 e. The minimum absolute atomic E-state index is 0.00906. The molecule has 0 aliphatic rings. The monoisotopic (exact) mass is 394 g/mol. The van der Waals surface area contributed by atoms with Gasteiger partial charge in [0, 0.05) is 32.0 Å². The summed E-state index contributed by atoms with van der Waals surface area (Å²) in [6, 6.07) is 33.6. The van der Waals surface area contributed by atoms with Gasteiger partial charge in [-0.05, 0) is 24.3 Å². The van der Waals surface area contributed by atoms with Gasteiger partial charge < -0.3 is 0 Å². The molecule has 0 fully saturated rings. The summed E-state index contributed by atoms with van der Waals surface area (Å²) in [6.07, 6.45) is 0. The number of hydrogen-bond acceptors (Lipinski definition) is 3. The Morgan fingerprint density at radius 3 is 1.76 bits per heavy atom. The highest BCUT2D eigenvalue weighted by molar-refractivity contribution is 7.99. The van der Waals surface area contributed by atoms with Crippen LogP contribution < -0.4 is 0 Å². The van der Waals surface area contributed by atoms with Gasteiger partial charge in [-0.1, -0.05) is 96.7 Å². The van der Waals surface area contributed by atoms with Crippen molar-refractivity contribution in [1.29, 1.82) is 0 Å². The third-order valence-corrected chi connectivity index (χ3v) is 5.59. The Morgan fingerprint density at radius 1 is 0.517 bits per heavy atom. The minimum Gasteiger partial charge on any atom is -0.289 e. The normalized spacial score (nSPS) is 10.5. The topological polar surface area (TPSA) is 34.1 Å². The number of ketones is 2. The summed E-state index contributed by atoms with van der Waals surface area (Å²) < 4.78 is 0. The van der Waals surface area contributed by atoms with Crippen LogP contribution >= 0.6 is 11.8 Å². The van der Waals surface area contributed by atoms with Gasteiger partial charge >= 0.3 is 0 Å². The summed E-state index contributed by atoms with van der Waals surface area (Å²) in [5.41, 5.74) is 2.61. The van der Waals surface area contributed by atoms with E-state index in [1.807, 2.05) is 109 Å². The molecule has 0 saturated heterocycles. The fraction of sp³-hybridized carbons (Fsp3) is 0. The first-order valence-corrected chi connectivity index (χ1v) is 10.1. The first kappa shape index (κ1) is 18.9. The molecule has 0 N–H and O–H groups in total. The summed E-state index contributed by atoms with van der Waals surface area (Å²) in [6.45, 7) is 0. The maximum absolute atomic E-state index is 13.0. The van der Waals surface area contributed by atoms with Crippen LogP contribution in [0.4, 0.5) is 0 Å². The Kier molecular flexibility index (Phi) is 5.68. The zero-order valence-corrected chi connectivity index (χ0v) is 16.4. The number of carbonyl (C=O) groups excluding carboxylic acids is 2. The lowest BCUT2D eigenvalue weighted by molar-refractivity contribution is 0.102. The smallest absolute Gasteiger partial charge is 0.194 e. The first-order chi connectivity index (χ1) is 14.2. The molecule has 0 aromatic heterocycles. The van der Waals surface area contributed by atoms with Crippen LogP contribution in [0, 0.1) is 0 Å². The van der Waals surface area contributed by atoms with Crippen molar-refractivity contribution < 1.29 is 9.59 Å². The molecule has 0 heterocycles. The summed E-state index contributed by atoms with van der Waals surface area (Å²) in [5, 5.41) is 0. The lowest BCUT2D eigenvalue weighted by Crippen LogP contribution is -2.03. The highest BCUT2D eigenvalue weighted by Crippen LogP contribution is 2.32. The van der Waals surface area contributed by atoms with Gasteiger partial charge in [0.15, 0.2) is 11.6 Å². The molecule has 4 rings (SSSR count). The maximum Gasteiger partial charge on any atom is 0.194 e. The van der Waals surface area contributed by atoms with Crippen molar-refractivity contribution in [3.8, 4) is 0 Å². The second-order valence-corrected chi connectivity index (χ2v) is 7.63. The van der Waals surface area contributed by atoms with Gasteiger partial charge in [-0.15, -0.1) is 0 Å². The Bertz CT molecular complexity index is 1150. The van der Waals surface area contributed by atoms with E-state index < -0.39 is 0 Å². The molecule has 29 heavy (non-hydrogen) atoms. The van der Waals surface area contributed by atoms with Crippen molar-refractivity contribution in [3.63, 3.8) is 0 Å².